The molecule has 0 aliphatic carbocycles. The lowest BCUT2D eigenvalue weighted by Gasteiger charge is -2.29. The number of hydrogen-bond acceptors (Lipinski definition) is 3. The highest BCUT2D eigenvalue weighted by molar-refractivity contribution is 6.05. The molecule has 0 bridgehead atoms. The van der Waals surface area contributed by atoms with Gasteiger partial charge in [-0.3, -0.25) is 19.7 Å². The second-order valence-electron chi connectivity index (χ2n) is 5.06. The Kier molecular flexibility index (Phi) is 2.62. The third-order valence-electron chi connectivity index (χ3n) is 3.68. The molecule has 1 aromatic rings. The number of aryl methyl sites for hydroxylation is 1. The lowest BCUT2D eigenvalue weighted by Crippen LogP contribution is -2.52. The van der Waals surface area contributed by atoms with Gasteiger partial charge in [-0.05, 0) is 25.0 Å². The van der Waals surface area contributed by atoms with E-state index in [1.54, 1.807) is 11.0 Å². The van der Waals surface area contributed by atoms with Crippen molar-refractivity contribution in [3.8, 4) is 0 Å². The van der Waals surface area contributed by atoms with E-state index in [0.29, 0.717) is 18.5 Å². The van der Waals surface area contributed by atoms with E-state index < -0.39 is 6.04 Å². The van der Waals surface area contributed by atoms with Gasteiger partial charge in [0.05, 0.1) is 0 Å². The molecule has 0 saturated carbocycles. The molecule has 1 saturated heterocycles. The molecule has 5 nitrogen and oxygen atoms in total. The van der Waals surface area contributed by atoms with Gasteiger partial charge in [0.25, 0.3) is 5.91 Å². The van der Waals surface area contributed by atoms with Gasteiger partial charge < -0.3 is 4.90 Å². The molecule has 0 aromatic heterocycles. The van der Waals surface area contributed by atoms with E-state index in [1.165, 1.54) is 0 Å². The molecule has 3 rings (SSSR count). The van der Waals surface area contributed by atoms with Crippen molar-refractivity contribution in [3.63, 3.8) is 0 Å². The molecular weight excluding hydrogens is 244 g/mol. The SMILES string of the molecule is Cc1ccc2c(c1)CN([C@H]1CCC(=O)NC1=O)C2=O. The van der Waals surface area contributed by atoms with Crippen LogP contribution in [-0.2, 0) is 16.1 Å². The van der Waals surface area contributed by atoms with Crippen molar-refractivity contribution in [1.29, 1.82) is 0 Å². The third kappa shape index (κ3) is 1.91. The molecule has 5 heteroatoms. The minimum Gasteiger partial charge on any atom is -0.322 e. The number of fused-ring (bicyclic) bond motifs is 1. The number of piperidine rings is 1. The van der Waals surface area contributed by atoms with Crippen LogP contribution in [0.5, 0.6) is 0 Å². The summed E-state index contributed by atoms with van der Waals surface area (Å²) in [7, 11) is 0. The fraction of sp³-hybridized carbons (Fsp3) is 0.357. The van der Waals surface area contributed by atoms with Gasteiger partial charge in [0.1, 0.15) is 6.04 Å². The van der Waals surface area contributed by atoms with Crippen LogP contribution in [-0.4, -0.2) is 28.7 Å². The maximum absolute atomic E-state index is 12.3. The van der Waals surface area contributed by atoms with E-state index in [-0.39, 0.29) is 24.1 Å². The fourth-order valence-electron chi connectivity index (χ4n) is 2.70. The normalized spacial score (nSPS) is 22.5. The minimum absolute atomic E-state index is 0.121. The first-order valence-corrected chi connectivity index (χ1v) is 6.30. The van der Waals surface area contributed by atoms with Crippen molar-refractivity contribution >= 4 is 17.7 Å². The van der Waals surface area contributed by atoms with E-state index in [2.05, 4.69) is 5.32 Å². The number of nitrogens with zero attached hydrogens (tertiary/aromatic N) is 1. The topological polar surface area (TPSA) is 66.5 Å². The Morgan fingerprint density at radius 2 is 2.05 bits per heavy atom. The van der Waals surface area contributed by atoms with Crippen LogP contribution < -0.4 is 5.32 Å². The van der Waals surface area contributed by atoms with Gasteiger partial charge in [0.2, 0.25) is 11.8 Å². The molecule has 1 atom stereocenters. The summed E-state index contributed by atoms with van der Waals surface area (Å²) in [6.07, 6.45) is 0.693. The largest absolute Gasteiger partial charge is 0.322 e. The molecular formula is C14H14N2O3. The van der Waals surface area contributed by atoms with Gasteiger partial charge in [0, 0.05) is 18.5 Å². The predicted molar refractivity (Wildman–Crippen MR) is 67.2 cm³/mol. The Bertz CT molecular complexity index is 594. The predicted octanol–water partition coefficient (Wildman–Crippen LogP) is 0.756. The number of carbonyl (C=O) groups is 3. The Labute approximate surface area is 110 Å². The van der Waals surface area contributed by atoms with Crippen LogP contribution in [0.4, 0.5) is 0 Å². The van der Waals surface area contributed by atoms with Crippen LogP contribution in [0.2, 0.25) is 0 Å². The van der Waals surface area contributed by atoms with Crippen molar-refractivity contribution < 1.29 is 14.4 Å². The lowest BCUT2D eigenvalue weighted by molar-refractivity contribution is -0.136. The number of rotatable bonds is 1. The third-order valence-corrected chi connectivity index (χ3v) is 3.68. The molecule has 0 spiro atoms. The summed E-state index contributed by atoms with van der Waals surface area (Å²) in [4.78, 5) is 36.8. The van der Waals surface area contributed by atoms with E-state index in [9.17, 15) is 14.4 Å². The molecule has 1 aromatic carbocycles. The van der Waals surface area contributed by atoms with Crippen LogP contribution in [0.25, 0.3) is 0 Å². The highest BCUT2D eigenvalue weighted by Gasteiger charge is 2.38. The number of amides is 3. The zero-order chi connectivity index (χ0) is 13.6. The van der Waals surface area contributed by atoms with Crippen LogP contribution >= 0.6 is 0 Å². The van der Waals surface area contributed by atoms with Crippen molar-refractivity contribution in [2.24, 2.45) is 0 Å². The molecule has 2 aliphatic rings. The number of imide groups is 1. The number of carbonyl (C=O) groups excluding carboxylic acids is 3. The Hall–Kier alpha value is -2.17. The quantitative estimate of drug-likeness (QED) is 0.756. The summed E-state index contributed by atoms with van der Waals surface area (Å²) in [5.41, 5.74) is 2.71. The molecule has 1 fully saturated rings. The van der Waals surface area contributed by atoms with E-state index in [4.69, 9.17) is 0 Å². The molecule has 19 heavy (non-hydrogen) atoms. The highest BCUT2D eigenvalue weighted by atomic mass is 16.2. The zero-order valence-electron chi connectivity index (χ0n) is 10.6. The summed E-state index contributed by atoms with van der Waals surface area (Å²) in [6, 6.07) is 5.14. The van der Waals surface area contributed by atoms with Gasteiger partial charge in [0.15, 0.2) is 0 Å². The first-order valence-electron chi connectivity index (χ1n) is 6.30. The van der Waals surface area contributed by atoms with E-state index in [0.717, 1.165) is 11.1 Å². The van der Waals surface area contributed by atoms with Crippen LogP contribution in [0.3, 0.4) is 0 Å². The summed E-state index contributed by atoms with van der Waals surface area (Å²) in [5, 5.41) is 2.29. The summed E-state index contributed by atoms with van der Waals surface area (Å²) in [5.74, 6) is -0.750. The monoisotopic (exact) mass is 258 g/mol. The average Bonchev–Trinajstić information content (AvgIpc) is 2.66. The smallest absolute Gasteiger partial charge is 0.255 e. The maximum Gasteiger partial charge on any atom is 0.255 e. The van der Waals surface area contributed by atoms with Crippen LogP contribution in [0.1, 0.15) is 34.3 Å². The molecule has 98 valence electrons. The highest BCUT2D eigenvalue weighted by Crippen LogP contribution is 2.27. The van der Waals surface area contributed by atoms with Gasteiger partial charge in [-0.15, -0.1) is 0 Å². The van der Waals surface area contributed by atoms with Crippen molar-refractivity contribution in [2.45, 2.75) is 32.4 Å². The second-order valence-corrected chi connectivity index (χ2v) is 5.06. The molecule has 2 aliphatic heterocycles. The maximum atomic E-state index is 12.3. The second kappa shape index (κ2) is 4.19. The summed E-state index contributed by atoms with van der Waals surface area (Å²) < 4.78 is 0. The molecule has 1 N–H and O–H groups in total. The first-order chi connectivity index (χ1) is 9.06. The van der Waals surface area contributed by atoms with E-state index in [1.807, 2.05) is 19.1 Å². The molecule has 3 amide bonds. The van der Waals surface area contributed by atoms with Crippen LogP contribution in [0.15, 0.2) is 18.2 Å². The molecule has 0 unspecified atom stereocenters. The number of nitrogens with one attached hydrogen (secondary N) is 1. The van der Waals surface area contributed by atoms with Crippen LogP contribution in [0, 0.1) is 6.92 Å². The Morgan fingerprint density at radius 3 is 2.79 bits per heavy atom. The molecule has 2 heterocycles. The first kappa shape index (κ1) is 11.9. The lowest BCUT2D eigenvalue weighted by atomic mass is 10.0. The van der Waals surface area contributed by atoms with Gasteiger partial charge >= 0.3 is 0 Å². The van der Waals surface area contributed by atoms with Gasteiger partial charge in [-0.25, -0.2) is 0 Å². The zero-order valence-corrected chi connectivity index (χ0v) is 10.6. The van der Waals surface area contributed by atoms with Gasteiger partial charge in [-0.1, -0.05) is 17.7 Å². The van der Waals surface area contributed by atoms with Crippen molar-refractivity contribution in [3.05, 3.63) is 34.9 Å². The summed E-state index contributed by atoms with van der Waals surface area (Å²) in [6.45, 7) is 2.42. The Balaban J connectivity index is 1.87. The Morgan fingerprint density at radius 1 is 1.26 bits per heavy atom. The number of benzene rings is 1. The average molecular weight is 258 g/mol. The minimum atomic E-state index is -0.530. The van der Waals surface area contributed by atoms with Gasteiger partial charge in [-0.2, -0.15) is 0 Å². The summed E-state index contributed by atoms with van der Waals surface area (Å²) >= 11 is 0. The molecule has 0 radical (unpaired) electrons. The van der Waals surface area contributed by atoms with Crippen molar-refractivity contribution in [2.75, 3.05) is 0 Å². The standard InChI is InChI=1S/C14H14N2O3/c1-8-2-3-10-9(6-8)7-16(14(10)19)11-4-5-12(17)15-13(11)18/h2-3,6,11H,4-5,7H2,1H3,(H,15,17,18)/t11-/m0/s1. The fourth-order valence-corrected chi connectivity index (χ4v) is 2.70. The van der Waals surface area contributed by atoms with E-state index >= 15 is 0 Å². The van der Waals surface area contributed by atoms with Crippen molar-refractivity contribution in [1.82, 2.24) is 10.2 Å². The number of hydrogen-bond donors (Lipinski definition) is 1.